The van der Waals surface area contributed by atoms with Gasteiger partial charge in [-0.05, 0) is 12.0 Å². The smallest absolute Gasteiger partial charge is 0.415 e. The Balaban J connectivity index is 2.25. The molecule has 0 aliphatic carbocycles. The fraction of sp³-hybridized carbons (Fsp3) is 0.375. The molecule has 0 spiro atoms. The number of ether oxygens (including phenoxy) is 1. The van der Waals surface area contributed by atoms with Crippen LogP contribution in [0.5, 0.6) is 0 Å². The largest absolute Gasteiger partial charge is 0.452 e. The Hall–Kier alpha value is -2.30. The first-order valence-electron chi connectivity index (χ1n) is 6.83. The normalized spacial score (nSPS) is 18.3. The van der Waals surface area contributed by atoms with Crippen LogP contribution in [0, 0.1) is 5.41 Å². The van der Waals surface area contributed by atoms with Gasteiger partial charge in [-0.3, -0.25) is 9.69 Å². The van der Waals surface area contributed by atoms with Gasteiger partial charge in [0.2, 0.25) is 5.91 Å². The number of carbonyl (C=O) groups excluding carboxylic acids is 2. The Morgan fingerprint density at radius 3 is 2.62 bits per heavy atom. The van der Waals surface area contributed by atoms with Crippen LogP contribution in [0.4, 0.5) is 4.79 Å². The summed E-state index contributed by atoms with van der Waals surface area (Å²) in [5.74, 6) is -0.207. The predicted octanol–water partition coefficient (Wildman–Crippen LogP) is 2.29. The minimum Gasteiger partial charge on any atom is -0.452 e. The Kier molecular flexibility index (Phi) is 4.31. The molecule has 112 valence electrons. The summed E-state index contributed by atoms with van der Waals surface area (Å²) >= 11 is 0. The van der Waals surface area contributed by atoms with Crippen molar-refractivity contribution in [3.05, 3.63) is 48.2 Å². The van der Waals surface area contributed by atoms with E-state index in [2.05, 4.69) is 5.32 Å². The maximum Gasteiger partial charge on any atom is 0.415 e. The average Bonchev–Trinajstić information content (AvgIpc) is 2.47. The number of nitrogens with one attached hydrogen (secondary N) is 1. The highest BCUT2D eigenvalue weighted by Gasteiger charge is 2.39. The van der Waals surface area contributed by atoms with Gasteiger partial charge in [0.1, 0.15) is 6.17 Å². The molecule has 2 rings (SSSR count). The molecule has 21 heavy (non-hydrogen) atoms. The summed E-state index contributed by atoms with van der Waals surface area (Å²) in [6.07, 6.45) is 2.58. The molecule has 1 heterocycles. The molecule has 0 unspecified atom stereocenters. The third-order valence-electron chi connectivity index (χ3n) is 3.57. The monoisotopic (exact) mass is 288 g/mol. The number of benzene rings is 1. The van der Waals surface area contributed by atoms with E-state index in [1.165, 1.54) is 24.3 Å². The zero-order valence-corrected chi connectivity index (χ0v) is 12.5. The number of nitrogens with zero attached hydrogens (tertiary/aromatic N) is 1. The number of hydrogen-bond acceptors (Lipinski definition) is 3. The summed E-state index contributed by atoms with van der Waals surface area (Å²) in [6.45, 7) is 4.03. The van der Waals surface area contributed by atoms with Crippen LogP contribution in [-0.2, 0) is 16.0 Å². The first kappa shape index (κ1) is 15.1. The van der Waals surface area contributed by atoms with Crippen molar-refractivity contribution in [2.24, 2.45) is 5.41 Å². The van der Waals surface area contributed by atoms with Gasteiger partial charge in [-0.15, -0.1) is 0 Å². The summed E-state index contributed by atoms with van der Waals surface area (Å²) in [6, 6.07) is 9.98. The number of hydrogen-bond donors (Lipinski definition) is 1. The van der Waals surface area contributed by atoms with Gasteiger partial charge in [0.05, 0.1) is 7.11 Å². The Labute approximate surface area is 124 Å². The van der Waals surface area contributed by atoms with Crippen LogP contribution in [0.25, 0.3) is 0 Å². The second kappa shape index (κ2) is 5.99. The Bertz CT molecular complexity index is 552. The molecule has 2 amide bonds. The van der Waals surface area contributed by atoms with E-state index in [-0.39, 0.29) is 11.3 Å². The Morgan fingerprint density at radius 2 is 2.00 bits per heavy atom. The lowest BCUT2D eigenvalue weighted by Crippen LogP contribution is -2.58. The van der Waals surface area contributed by atoms with Crippen molar-refractivity contribution in [3.8, 4) is 0 Å². The van der Waals surface area contributed by atoms with E-state index < -0.39 is 12.3 Å². The highest BCUT2D eigenvalue weighted by atomic mass is 16.5. The van der Waals surface area contributed by atoms with Gasteiger partial charge >= 0.3 is 6.09 Å². The molecule has 0 fully saturated rings. The van der Waals surface area contributed by atoms with Crippen molar-refractivity contribution in [3.63, 3.8) is 0 Å². The summed E-state index contributed by atoms with van der Waals surface area (Å²) in [7, 11) is 1.33. The molecular formula is C16H20N2O3. The van der Waals surface area contributed by atoms with Crippen molar-refractivity contribution < 1.29 is 14.3 Å². The lowest BCUT2D eigenvalue weighted by atomic mass is 9.81. The van der Waals surface area contributed by atoms with E-state index in [1.807, 2.05) is 44.2 Å². The molecule has 0 saturated carbocycles. The van der Waals surface area contributed by atoms with Gasteiger partial charge in [0, 0.05) is 17.7 Å². The quantitative estimate of drug-likeness (QED) is 0.928. The fourth-order valence-corrected chi connectivity index (χ4v) is 2.55. The lowest BCUT2D eigenvalue weighted by molar-refractivity contribution is -0.120. The van der Waals surface area contributed by atoms with E-state index in [9.17, 15) is 9.59 Å². The van der Waals surface area contributed by atoms with Crippen LogP contribution in [-0.4, -0.2) is 30.2 Å². The zero-order chi connectivity index (χ0) is 15.5. The van der Waals surface area contributed by atoms with Gasteiger partial charge < -0.3 is 10.1 Å². The molecule has 1 aliphatic rings. The highest BCUT2D eigenvalue weighted by Crippen LogP contribution is 2.30. The van der Waals surface area contributed by atoms with Crippen molar-refractivity contribution in [2.75, 3.05) is 7.11 Å². The maximum absolute atomic E-state index is 11.9. The first-order chi connectivity index (χ1) is 9.94. The topological polar surface area (TPSA) is 58.6 Å². The SMILES string of the molecule is COC(=O)N1C=CC(=O)N[C@@H]1C(C)(C)Cc1ccccc1. The number of carbonyl (C=O) groups is 2. The summed E-state index contributed by atoms with van der Waals surface area (Å²) in [5, 5.41) is 2.84. The molecule has 1 aromatic rings. The van der Waals surface area contributed by atoms with Crippen molar-refractivity contribution >= 4 is 12.0 Å². The Morgan fingerprint density at radius 1 is 1.33 bits per heavy atom. The standard InChI is InChI=1S/C16H20N2O3/c1-16(2,11-12-7-5-4-6-8-12)14-17-13(19)9-10-18(14)15(20)21-3/h4-10,14H,11H2,1-3H3,(H,17,19)/t14-/m0/s1. The van der Waals surface area contributed by atoms with Gasteiger partial charge in [-0.25, -0.2) is 4.79 Å². The van der Waals surface area contributed by atoms with Crippen LogP contribution in [0.3, 0.4) is 0 Å². The fourth-order valence-electron chi connectivity index (χ4n) is 2.55. The summed E-state index contributed by atoms with van der Waals surface area (Å²) in [5.41, 5.74) is 0.798. The van der Waals surface area contributed by atoms with Gasteiger partial charge in [-0.1, -0.05) is 44.2 Å². The second-order valence-electron chi connectivity index (χ2n) is 5.76. The summed E-state index contributed by atoms with van der Waals surface area (Å²) < 4.78 is 4.78. The van der Waals surface area contributed by atoms with E-state index in [0.29, 0.717) is 0 Å². The van der Waals surface area contributed by atoms with E-state index in [0.717, 1.165) is 12.0 Å². The van der Waals surface area contributed by atoms with Crippen LogP contribution < -0.4 is 5.32 Å². The van der Waals surface area contributed by atoms with Crippen molar-refractivity contribution in [1.29, 1.82) is 0 Å². The lowest BCUT2D eigenvalue weighted by Gasteiger charge is -2.41. The molecule has 0 saturated heterocycles. The average molecular weight is 288 g/mol. The predicted molar refractivity (Wildman–Crippen MR) is 79.2 cm³/mol. The first-order valence-corrected chi connectivity index (χ1v) is 6.83. The van der Waals surface area contributed by atoms with E-state index in [1.54, 1.807) is 0 Å². The number of amides is 2. The molecule has 0 aromatic heterocycles. The molecule has 0 bridgehead atoms. The van der Waals surface area contributed by atoms with Crippen LogP contribution in [0.15, 0.2) is 42.6 Å². The van der Waals surface area contributed by atoms with Crippen LogP contribution in [0.1, 0.15) is 19.4 Å². The van der Waals surface area contributed by atoms with Gasteiger partial charge in [0.15, 0.2) is 0 Å². The molecule has 5 heteroatoms. The maximum atomic E-state index is 11.9. The van der Waals surface area contributed by atoms with Crippen LogP contribution >= 0.6 is 0 Å². The number of methoxy groups -OCH3 is 1. The van der Waals surface area contributed by atoms with Crippen molar-refractivity contribution in [1.82, 2.24) is 10.2 Å². The molecule has 5 nitrogen and oxygen atoms in total. The minimum atomic E-state index is -0.489. The second-order valence-corrected chi connectivity index (χ2v) is 5.76. The molecule has 1 N–H and O–H groups in total. The van der Waals surface area contributed by atoms with Gasteiger partial charge in [0.25, 0.3) is 0 Å². The molecule has 1 aromatic carbocycles. The van der Waals surface area contributed by atoms with E-state index >= 15 is 0 Å². The highest BCUT2D eigenvalue weighted by molar-refractivity contribution is 5.90. The molecule has 0 radical (unpaired) electrons. The third kappa shape index (κ3) is 3.42. The molecule has 1 atom stereocenters. The molecule has 1 aliphatic heterocycles. The minimum absolute atomic E-state index is 0.207. The number of rotatable bonds is 3. The summed E-state index contributed by atoms with van der Waals surface area (Å²) in [4.78, 5) is 25.0. The van der Waals surface area contributed by atoms with Crippen LogP contribution in [0.2, 0.25) is 0 Å². The van der Waals surface area contributed by atoms with Crippen molar-refractivity contribution in [2.45, 2.75) is 26.4 Å². The van der Waals surface area contributed by atoms with Gasteiger partial charge in [-0.2, -0.15) is 0 Å². The molecular weight excluding hydrogens is 268 g/mol. The third-order valence-corrected chi connectivity index (χ3v) is 3.57. The van der Waals surface area contributed by atoms with E-state index in [4.69, 9.17) is 4.74 Å². The zero-order valence-electron chi connectivity index (χ0n) is 12.5.